The van der Waals surface area contributed by atoms with Crippen molar-refractivity contribution in [2.24, 2.45) is 4.99 Å². The monoisotopic (exact) mass is 404 g/mol. The Kier molecular flexibility index (Phi) is 6.51. The van der Waals surface area contributed by atoms with Crippen LogP contribution >= 0.6 is 0 Å². The number of aliphatic imine (C=N–C) groups is 1. The summed E-state index contributed by atoms with van der Waals surface area (Å²) in [6.07, 6.45) is 5.44. The highest BCUT2D eigenvalue weighted by molar-refractivity contribution is 5.94. The van der Waals surface area contributed by atoms with E-state index in [9.17, 15) is 4.79 Å². The van der Waals surface area contributed by atoms with Gasteiger partial charge in [-0.15, -0.1) is 0 Å². The van der Waals surface area contributed by atoms with Crippen LogP contribution in [0.5, 0.6) is 5.75 Å². The molecule has 1 saturated heterocycles. The van der Waals surface area contributed by atoms with Crippen molar-refractivity contribution in [3.63, 3.8) is 0 Å². The second-order valence-electron chi connectivity index (χ2n) is 8.44. The summed E-state index contributed by atoms with van der Waals surface area (Å²) in [7, 11) is 0. The van der Waals surface area contributed by atoms with E-state index in [2.05, 4.69) is 31.2 Å². The Morgan fingerprint density at radius 2 is 1.93 bits per heavy atom. The van der Waals surface area contributed by atoms with Gasteiger partial charge in [0, 0.05) is 24.4 Å². The van der Waals surface area contributed by atoms with Gasteiger partial charge in [-0.1, -0.05) is 24.3 Å². The quantitative estimate of drug-likeness (QED) is 0.611. The van der Waals surface area contributed by atoms with E-state index in [0.717, 1.165) is 56.5 Å². The van der Waals surface area contributed by atoms with E-state index < -0.39 is 0 Å². The molecule has 1 aliphatic heterocycles. The zero-order chi connectivity index (χ0) is 20.9. The largest absolute Gasteiger partial charge is 0.494 e. The summed E-state index contributed by atoms with van der Waals surface area (Å²) in [4.78, 5) is 19.5. The van der Waals surface area contributed by atoms with Crippen LogP contribution in [0.2, 0.25) is 0 Å². The van der Waals surface area contributed by atoms with E-state index in [4.69, 9.17) is 9.73 Å². The lowest BCUT2D eigenvalue weighted by atomic mass is 9.96. The highest BCUT2D eigenvalue weighted by Gasteiger charge is 2.24. The number of ether oxygens (including phenoxy) is 1. The Bertz CT molecular complexity index is 898. The van der Waals surface area contributed by atoms with Crippen molar-refractivity contribution in [3.8, 4) is 5.75 Å². The molecule has 1 saturated carbocycles. The zero-order valence-electron chi connectivity index (χ0n) is 18.1. The van der Waals surface area contributed by atoms with Gasteiger partial charge in [-0.2, -0.15) is 0 Å². The average Bonchev–Trinajstić information content (AvgIpc) is 3.46. The third-order valence-electron chi connectivity index (χ3n) is 6.31. The zero-order valence-corrected chi connectivity index (χ0v) is 18.1. The molecular formula is C26H32N2O2. The lowest BCUT2D eigenvalue weighted by molar-refractivity contribution is 0.0793. The number of carbonyl (C=O) groups is 1. The summed E-state index contributed by atoms with van der Waals surface area (Å²) in [6, 6.07) is 16.7. The van der Waals surface area contributed by atoms with Gasteiger partial charge in [0.2, 0.25) is 0 Å². The first kappa shape index (κ1) is 20.6. The maximum absolute atomic E-state index is 12.6. The van der Waals surface area contributed by atoms with E-state index in [0.29, 0.717) is 12.5 Å². The molecule has 4 rings (SSSR count). The molecule has 4 nitrogen and oxygen atoms in total. The standard InChI is InChI=1S/C26H32N2O2/c1-3-30-25-8-6-7-22(18-25)19(2)27-24-14-13-23(17-24)20-9-11-21(12-10-20)26(29)28-15-4-5-16-28/h6-12,18-19,23H,3-5,13-17H2,1-2H3/t19-,23-/m1/s1. The van der Waals surface area contributed by atoms with Crippen LogP contribution in [0.15, 0.2) is 53.5 Å². The topological polar surface area (TPSA) is 41.9 Å². The Hall–Kier alpha value is -2.62. The van der Waals surface area contributed by atoms with Gasteiger partial charge in [0.1, 0.15) is 5.75 Å². The summed E-state index contributed by atoms with van der Waals surface area (Å²) in [5, 5.41) is 0. The molecule has 2 aliphatic rings. The molecule has 2 atom stereocenters. The highest BCUT2D eigenvalue weighted by atomic mass is 16.5. The van der Waals surface area contributed by atoms with Gasteiger partial charge in [0.15, 0.2) is 0 Å². The first-order valence-corrected chi connectivity index (χ1v) is 11.3. The lowest BCUT2D eigenvalue weighted by Gasteiger charge is -2.16. The van der Waals surface area contributed by atoms with Crippen molar-refractivity contribution in [2.75, 3.05) is 19.7 Å². The number of hydrogen-bond donors (Lipinski definition) is 0. The van der Waals surface area contributed by atoms with Gasteiger partial charge >= 0.3 is 0 Å². The van der Waals surface area contributed by atoms with Crippen molar-refractivity contribution in [1.82, 2.24) is 4.90 Å². The van der Waals surface area contributed by atoms with E-state index in [1.807, 2.05) is 36.1 Å². The minimum Gasteiger partial charge on any atom is -0.494 e. The fraction of sp³-hybridized carbons (Fsp3) is 0.462. The van der Waals surface area contributed by atoms with Gasteiger partial charge in [-0.05, 0) is 87.3 Å². The molecule has 0 unspecified atom stereocenters. The van der Waals surface area contributed by atoms with Crippen LogP contribution in [0.25, 0.3) is 0 Å². The van der Waals surface area contributed by atoms with Gasteiger partial charge < -0.3 is 9.64 Å². The van der Waals surface area contributed by atoms with Gasteiger partial charge in [0.25, 0.3) is 5.91 Å². The molecule has 30 heavy (non-hydrogen) atoms. The van der Waals surface area contributed by atoms with Crippen molar-refractivity contribution in [1.29, 1.82) is 0 Å². The predicted molar refractivity (Wildman–Crippen MR) is 122 cm³/mol. The van der Waals surface area contributed by atoms with Crippen molar-refractivity contribution >= 4 is 11.6 Å². The first-order chi connectivity index (χ1) is 14.6. The lowest BCUT2D eigenvalue weighted by Crippen LogP contribution is -2.27. The minimum absolute atomic E-state index is 0.139. The molecular weight excluding hydrogens is 372 g/mol. The van der Waals surface area contributed by atoms with Crippen LogP contribution < -0.4 is 4.74 Å². The Morgan fingerprint density at radius 1 is 1.17 bits per heavy atom. The van der Waals surface area contributed by atoms with Gasteiger partial charge in [-0.3, -0.25) is 9.79 Å². The van der Waals surface area contributed by atoms with Crippen LogP contribution in [0, 0.1) is 0 Å². The highest BCUT2D eigenvalue weighted by Crippen LogP contribution is 2.34. The maximum atomic E-state index is 12.6. The van der Waals surface area contributed by atoms with E-state index in [-0.39, 0.29) is 11.9 Å². The number of rotatable bonds is 6. The molecule has 2 aromatic rings. The first-order valence-electron chi connectivity index (χ1n) is 11.3. The summed E-state index contributed by atoms with van der Waals surface area (Å²) in [5.74, 6) is 1.59. The molecule has 0 N–H and O–H groups in total. The minimum atomic E-state index is 0.139. The van der Waals surface area contributed by atoms with Gasteiger partial charge in [0.05, 0.1) is 12.6 Å². The maximum Gasteiger partial charge on any atom is 0.253 e. The van der Waals surface area contributed by atoms with E-state index in [1.165, 1.54) is 16.8 Å². The molecule has 4 heteroatoms. The number of nitrogens with zero attached hydrogens (tertiary/aromatic N) is 2. The fourth-order valence-electron chi connectivity index (χ4n) is 4.61. The van der Waals surface area contributed by atoms with Gasteiger partial charge in [-0.25, -0.2) is 0 Å². The smallest absolute Gasteiger partial charge is 0.253 e. The molecule has 158 valence electrons. The summed E-state index contributed by atoms with van der Waals surface area (Å²) >= 11 is 0. The van der Waals surface area contributed by atoms with Crippen LogP contribution in [0.3, 0.4) is 0 Å². The number of hydrogen-bond acceptors (Lipinski definition) is 3. The number of carbonyl (C=O) groups excluding carboxylic acids is 1. The summed E-state index contributed by atoms with van der Waals surface area (Å²) in [5.41, 5.74) is 4.63. The van der Waals surface area contributed by atoms with Crippen molar-refractivity contribution in [2.45, 2.75) is 57.9 Å². The molecule has 1 amide bonds. The molecule has 1 aliphatic carbocycles. The normalized spacial score (nSPS) is 21.2. The molecule has 0 bridgehead atoms. The fourth-order valence-corrected chi connectivity index (χ4v) is 4.61. The Labute approximate surface area is 180 Å². The molecule has 2 fully saturated rings. The van der Waals surface area contributed by atoms with Crippen LogP contribution in [-0.4, -0.2) is 36.2 Å². The predicted octanol–water partition coefficient (Wildman–Crippen LogP) is 5.79. The average molecular weight is 405 g/mol. The molecule has 0 spiro atoms. The Balaban J connectivity index is 1.39. The van der Waals surface area contributed by atoms with Crippen molar-refractivity contribution < 1.29 is 9.53 Å². The number of likely N-dealkylation sites (tertiary alicyclic amines) is 1. The number of benzene rings is 2. The molecule has 0 radical (unpaired) electrons. The van der Waals surface area contributed by atoms with E-state index >= 15 is 0 Å². The summed E-state index contributed by atoms with van der Waals surface area (Å²) < 4.78 is 5.62. The van der Waals surface area contributed by atoms with Crippen molar-refractivity contribution in [3.05, 3.63) is 65.2 Å². The van der Waals surface area contributed by atoms with Crippen LogP contribution in [0.4, 0.5) is 0 Å². The van der Waals surface area contributed by atoms with Crippen LogP contribution in [-0.2, 0) is 0 Å². The summed E-state index contributed by atoms with van der Waals surface area (Å²) in [6.45, 7) is 6.63. The SMILES string of the molecule is CCOc1cccc([C@@H](C)N=C2CC[C@@H](c3ccc(C(=O)N4CCCC4)cc3)C2)c1. The second kappa shape index (κ2) is 9.46. The Morgan fingerprint density at radius 3 is 2.67 bits per heavy atom. The molecule has 0 aromatic heterocycles. The van der Waals surface area contributed by atoms with Crippen LogP contribution in [0.1, 0.15) is 79.4 Å². The third kappa shape index (κ3) is 4.75. The molecule has 2 aromatic carbocycles. The van der Waals surface area contributed by atoms with E-state index in [1.54, 1.807) is 0 Å². The number of amides is 1. The third-order valence-corrected chi connectivity index (χ3v) is 6.31. The second-order valence-corrected chi connectivity index (χ2v) is 8.44. The molecule has 1 heterocycles.